The molecule has 0 aromatic carbocycles. The number of carbonyl (C=O) groups excluding carboxylic acids is 1. The van der Waals surface area contributed by atoms with Crippen molar-refractivity contribution in [3.63, 3.8) is 0 Å². The van der Waals surface area contributed by atoms with E-state index in [1.165, 1.54) is 0 Å². The van der Waals surface area contributed by atoms with Gasteiger partial charge in [0.1, 0.15) is 5.76 Å². The van der Waals surface area contributed by atoms with Crippen molar-refractivity contribution in [1.82, 2.24) is 4.90 Å². The summed E-state index contributed by atoms with van der Waals surface area (Å²) in [4.78, 5) is 13.7. The Hall–Kier alpha value is -1.29. The molecule has 4 heteroatoms. The number of amides is 1. The predicted molar refractivity (Wildman–Crippen MR) is 63.5 cm³/mol. The summed E-state index contributed by atoms with van der Waals surface area (Å²) in [7, 11) is 1.73. The molecule has 1 aromatic heterocycles. The lowest BCUT2D eigenvalue weighted by Crippen LogP contribution is -2.40. The lowest BCUT2D eigenvalue weighted by molar-refractivity contribution is -0.134. The third-order valence-electron chi connectivity index (χ3n) is 3.02. The van der Waals surface area contributed by atoms with Gasteiger partial charge in [-0.25, -0.2) is 0 Å². The minimum atomic E-state index is -0.848. The summed E-state index contributed by atoms with van der Waals surface area (Å²) in [5.41, 5.74) is -0.848. The van der Waals surface area contributed by atoms with Gasteiger partial charge in [0.2, 0.25) is 5.91 Å². The molecule has 1 heterocycles. The van der Waals surface area contributed by atoms with Crippen LogP contribution < -0.4 is 0 Å². The summed E-state index contributed by atoms with van der Waals surface area (Å²) < 4.78 is 5.30. The molecule has 1 aliphatic rings. The number of carbonyl (C=O) groups is 1. The molecule has 17 heavy (non-hydrogen) atoms. The maximum absolute atomic E-state index is 12.1. The molecule has 1 aliphatic carbocycles. The first-order chi connectivity index (χ1) is 7.88. The van der Waals surface area contributed by atoms with Crippen molar-refractivity contribution >= 4 is 5.91 Å². The van der Waals surface area contributed by atoms with Crippen LogP contribution in [0.3, 0.4) is 0 Å². The van der Waals surface area contributed by atoms with Gasteiger partial charge in [0.25, 0.3) is 0 Å². The lowest BCUT2D eigenvalue weighted by atomic mass is 10.1. The van der Waals surface area contributed by atoms with Crippen molar-refractivity contribution in [2.75, 3.05) is 13.6 Å². The Morgan fingerprint density at radius 1 is 1.65 bits per heavy atom. The summed E-state index contributed by atoms with van der Waals surface area (Å²) in [6, 6.07) is 3.75. The maximum atomic E-state index is 12.1. The van der Waals surface area contributed by atoms with Gasteiger partial charge >= 0.3 is 0 Å². The molecule has 0 aliphatic heterocycles. The first-order valence-corrected chi connectivity index (χ1v) is 5.89. The van der Waals surface area contributed by atoms with E-state index >= 15 is 0 Å². The van der Waals surface area contributed by atoms with Crippen LogP contribution in [0.1, 0.15) is 31.9 Å². The van der Waals surface area contributed by atoms with Gasteiger partial charge in [0.05, 0.1) is 11.9 Å². The SMILES string of the molecule is CN(CC(C)(C)O)C(=O)C1CC1c1ccco1. The van der Waals surface area contributed by atoms with Gasteiger partial charge in [-0.2, -0.15) is 0 Å². The third-order valence-corrected chi connectivity index (χ3v) is 3.02. The highest BCUT2D eigenvalue weighted by Gasteiger charge is 2.47. The van der Waals surface area contributed by atoms with Crippen LogP contribution in [-0.2, 0) is 4.79 Å². The Morgan fingerprint density at radius 3 is 2.88 bits per heavy atom. The molecule has 1 aromatic rings. The Morgan fingerprint density at radius 2 is 2.35 bits per heavy atom. The quantitative estimate of drug-likeness (QED) is 0.865. The van der Waals surface area contributed by atoms with Crippen molar-refractivity contribution in [3.8, 4) is 0 Å². The van der Waals surface area contributed by atoms with Crippen LogP contribution in [-0.4, -0.2) is 35.1 Å². The first-order valence-electron chi connectivity index (χ1n) is 5.89. The van der Waals surface area contributed by atoms with Gasteiger partial charge < -0.3 is 14.4 Å². The largest absolute Gasteiger partial charge is 0.469 e. The lowest BCUT2D eigenvalue weighted by Gasteiger charge is -2.25. The molecule has 2 unspecified atom stereocenters. The second kappa shape index (κ2) is 4.18. The number of hydrogen-bond donors (Lipinski definition) is 1. The van der Waals surface area contributed by atoms with Crippen molar-refractivity contribution < 1.29 is 14.3 Å². The van der Waals surface area contributed by atoms with Gasteiger partial charge in [-0.1, -0.05) is 0 Å². The second-order valence-corrected chi connectivity index (χ2v) is 5.47. The average molecular weight is 237 g/mol. The van der Waals surface area contributed by atoms with Crippen LogP contribution in [0.4, 0.5) is 0 Å². The summed E-state index contributed by atoms with van der Waals surface area (Å²) in [6.07, 6.45) is 2.48. The number of aliphatic hydroxyl groups is 1. The fraction of sp³-hybridized carbons (Fsp3) is 0.615. The molecule has 4 nitrogen and oxygen atoms in total. The van der Waals surface area contributed by atoms with Crippen molar-refractivity contribution in [3.05, 3.63) is 24.2 Å². The molecular weight excluding hydrogens is 218 g/mol. The highest BCUT2D eigenvalue weighted by Crippen LogP contribution is 2.48. The minimum Gasteiger partial charge on any atom is -0.469 e. The first kappa shape index (κ1) is 12.2. The maximum Gasteiger partial charge on any atom is 0.226 e. The van der Waals surface area contributed by atoms with Crippen molar-refractivity contribution in [2.24, 2.45) is 5.92 Å². The van der Waals surface area contributed by atoms with Crippen molar-refractivity contribution in [2.45, 2.75) is 31.8 Å². The fourth-order valence-corrected chi connectivity index (χ4v) is 2.23. The van der Waals surface area contributed by atoms with E-state index in [-0.39, 0.29) is 17.7 Å². The van der Waals surface area contributed by atoms with Crippen LogP contribution in [0, 0.1) is 5.92 Å². The molecular formula is C13H19NO3. The van der Waals surface area contributed by atoms with Crippen LogP contribution >= 0.6 is 0 Å². The zero-order valence-corrected chi connectivity index (χ0v) is 10.5. The van der Waals surface area contributed by atoms with Gasteiger partial charge in [-0.15, -0.1) is 0 Å². The highest BCUT2D eigenvalue weighted by molar-refractivity contribution is 5.82. The van der Waals surface area contributed by atoms with Crippen LogP contribution in [0.15, 0.2) is 22.8 Å². The van der Waals surface area contributed by atoms with E-state index in [9.17, 15) is 9.90 Å². The standard InChI is InChI=1S/C13H19NO3/c1-13(2,16)8-14(3)12(15)10-7-9(10)11-5-4-6-17-11/h4-6,9-10,16H,7-8H2,1-3H3. The fourth-order valence-electron chi connectivity index (χ4n) is 2.23. The predicted octanol–water partition coefficient (Wildman–Crippen LogP) is 1.61. The number of likely N-dealkylation sites (N-methyl/N-ethyl adjacent to an activating group) is 1. The van der Waals surface area contributed by atoms with Gasteiger partial charge in [0.15, 0.2) is 0 Å². The number of nitrogens with zero attached hydrogens (tertiary/aromatic N) is 1. The summed E-state index contributed by atoms with van der Waals surface area (Å²) in [6.45, 7) is 3.76. The molecule has 1 N–H and O–H groups in total. The monoisotopic (exact) mass is 237 g/mol. The average Bonchev–Trinajstić information content (AvgIpc) is 2.81. The zero-order valence-electron chi connectivity index (χ0n) is 10.5. The molecule has 1 saturated carbocycles. The molecule has 0 saturated heterocycles. The van der Waals surface area contributed by atoms with E-state index in [2.05, 4.69) is 0 Å². The zero-order chi connectivity index (χ0) is 12.6. The van der Waals surface area contributed by atoms with E-state index in [4.69, 9.17) is 4.42 Å². The van der Waals surface area contributed by atoms with Crippen molar-refractivity contribution in [1.29, 1.82) is 0 Å². The highest BCUT2D eigenvalue weighted by atomic mass is 16.3. The third kappa shape index (κ3) is 2.88. The summed E-state index contributed by atoms with van der Waals surface area (Å²) in [5, 5.41) is 9.68. The number of hydrogen-bond acceptors (Lipinski definition) is 3. The molecule has 0 radical (unpaired) electrons. The normalized spacial score (nSPS) is 23.5. The summed E-state index contributed by atoms with van der Waals surface area (Å²) in [5.74, 6) is 1.23. The molecule has 94 valence electrons. The number of furan rings is 1. The Balaban J connectivity index is 1.91. The molecule has 0 bridgehead atoms. The van der Waals surface area contributed by atoms with Crippen LogP contribution in [0.5, 0.6) is 0 Å². The van der Waals surface area contributed by atoms with Gasteiger partial charge in [-0.3, -0.25) is 4.79 Å². The molecule has 1 fully saturated rings. The van der Waals surface area contributed by atoms with E-state index in [0.29, 0.717) is 6.54 Å². The van der Waals surface area contributed by atoms with E-state index in [1.807, 2.05) is 12.1 Å². The Labute approximate surface area is 101 Å². The van der Waals surface area contributed by atoms with E-state index in [0.717, 1.165) is 12.2 Å². The topological polar surface area (TPSA) is 53.7 Å². The van der Waals surface area contributed by atoms with Gasteiger partial charge in [0, 0.05) is 25.4 Å². The Bertz CT molecular complexity index is 391. The van der Waals surface area contributed by atoms with Crippen LogP contribution in [0.25, 0.3) is 0 Å². The molecule has 2 rings (SSSR count). The minimum absolute atomic E-state index is 0.0218. The second-order valence-electron chi connectivity index (χ2n) is 5.47. The molecule has 2 atom stereocenters. The number of rotatable bonds is 4. The van der Waals surface area contributed by atoms with Crippen LogP contribution in [0.2, 0.25) is 0 Å². The smallest absolute Gasteiger partial charge is 0.226 e. The summed E-state index contributed by atoms with van der Waals surface area (Å²) >= 11 is 0. The van der Waals surface area contributed by atoms with E-state index < -0.39 is 5.60 Å². The Kier molecular flexibility index (Phi) is 3.00. The van der Waals surface area contributed by atoms with Gasteiger partial charge in [-0.05, 0) is 32.4 Å². The molecule has 1 amide bonds. The molecule has 0 spiro atoms. The van der Waals surface area contributed by atoms with E-state index in [1.54, 1.807) is 32.1 Å².